The number of benzene rings is 1. The average Bonchev–Trinajstić information content (AvgIpc) is 2.55. The second kappa shape index (κ2) is 6.62. The molecule has 1 N–H and O–H groups in total. The Morgan fingerprint density at radius 2 is 1.65 bits per heavy atom. The molecule has 0 aliphatic heterocycles. The molecule has 1 saturated carbocycles. The third-order valence-electron chi connectivity index (χ3n) is 4.21. The van der Waals surface area contributed by atoms with E-state index >= 15 is 0 Å². The summed E-state index contributed by atoms with van der Waals surface area (Å²) in [5.74, 6) is 0.745. The lowest BCUT2D eigenvalue weighted by atomic mass is 9.82. The number of hydrogen-bond donors (Lipinski definition) is 1. The van der Waals surface area contributed by atoms with Gasteiger partial charge in [-0.15, -0.1) is 0 Å². The highest BCUT2D eigenvalue weighted by molar-refractivity contribution is 5.20. The van der Waals surface area contributed by atoms with Crippen LogP contribution in [-0.2, 0) is 6.54 Å². The van der Waals surface area contributed by atoms with Crippen LogP contribution in [0, 0.1) is 0 Å². The molecule has 0 bridgehead atoms. The van der Waals surface area contributed by atoms with Gasteiger partial charge in [-0.3, -0.25) is 0 Å². The van der Waals surface area contributed by atoms with Gasteiger partial charge in [-0.05, 0) is 37.2 Å². The zero-order valence-electron chi connectivity index (χ0n) is 11.7. The first-order chi connectivity index (χ1) is 9.92. The van der Waals surface area contributed by atoms with E-state index in [1.54, 1.807) is 6.33 Å². The maximum atomic E-state index is 4.05. The van der Waals surface area contributed by atoms with Crippen LogP contribution in [0.25, 0.3) is 0 Å². The van der Waals surface area contributed by atoms with Gasteiger partial charge >= 0.3 is 0 Å². The minimum Gasteiger partial charge on any atom is -0.310 e. The van der Waals surface area contributed by atoms with Crippen molar-refractivity contribution in [3.05, 3.63) is 60.2 Å². The molecule has 3 nitrogen and oxygen atoms in total. The Balaban J connectivity index is 1.47. The maximum absolute atomic E-state index is 4.05. The van der Waals surface area contributed by atoms with E-state index in [0.717, 1.165) is 18.0 Å². The van der Waals surface area contributed by atoms with Crippen molar-refractivity contribution < 1.29 is 0 Å². The van der Waals surface area contributed by atoms with E-state index in [4.69, 9.17) is 0 Å². The summed E-state index contributed by atoms with van der Waals surface area (Å²) >= 11 is 0. The van der Waals surface area contributed by atoms with Gasteiger partial charge < -0.3 is 5.32 Å². The molecule has 20 heavy (non-hydrogen) atoms. The maximum Gasteiger partial charge on any atom is 0.115 e. The smallest absolute Gasteiger partial charge is 0.115 e. The van der Waals surface area contributed by atoms with E-state index in [2.05, 4.69) is 45.6 Å². The van der Waals surface area contributed by atoms with Gasteiger partial charge in [-0.1, -0.05) is 30.3 Å². The van der Waals surface area contributed by atoms with Crippen molar-refractivity contribution in [1.29, 1.82) is 0 Å². The largest absolute Gasteiger partial charge is 0.310 e. The highest BCUT2D eigenvalue weighted by Crippen LogP contribution is 2.32. The number of aromatic nitrogens is 2. The molecule has 0 unspecified atom stereocenters. The van der Waals surface area contributed by atoms with Crippen molar-refractivity contribution in [1.82, 2.24) is 15.3 Å². The summed E-state index contributed by atoms with van der Waals surface area (Å²) in [5, 5.41) is 3.63. The second-order valence-corrected chi connectivity index (χ2v) is 5.59. The summed E-state index contributed by atoms with van der Waals surface area (Å²) in [5.41, 5.74) is 2.67. The SMILES string of the molecule is c1ccc(C2CCC(NCc3cncnc3)CC2)cc1. The third kappa shape index (κ3) is 3.42. The van der Waals surface area contributed by atoms with E-state index in [-0.39, 0.29) is 0 Å². The quantitative estimate of drug-likeness (QED) is 0.923. The molecular formula is C17H21N3. The first kappa shape index (κ1) is 13.3. The van der Waals surface area contributed by atoms with Gasteiger partial charge in [0.15, 0.2) is 0 Å². The van der Waals surface area contributed by atoms with Gasteiger partial charge in [0, 0.05) is 30.5 Å². The molecule has 0 spiro atoms. The Labute approximate surface area is 120 Å². The highest BCUT2D eigenvalue weighted by Gasteiger charge is 2.21. The Morgan fingerprint density at radius 3 is 2.35 bits per heavy atom. The molecule has 0 radical (unpaired) electrons. The van der Waals surface area contributed by atoms with Crippen molar-refractivity contribution in [3.8, 4) is 0 Å². The van der Waals surface area contributed by atoms with Crippen molar-refractivity contribution in [3.63, 3.8) is 0 Å². The van der Waals surface area contributed by atoms with Crippen LogP contribution in [0.1, 0.15) is 42.7 Å². The zero-order chi connectivity index (χ0) is 13.6. The fourth-order valence-electron chi connectivity index (χ4n) is 3.04. The van der Waals surface area contributed by atoms with Crippen molar-refractivity contribution in [2.24, 2.45) is 0 Å². The molecule has 3 heteroatoms. The van der Waals surface area contributed by atoms with Crippen LogP contribution in [0.3, 0.4) is 0 Å². The van der Waals surface area contributed by atoms with Gasteiger partial charge in [0.05, 0.1) is 0 Å². The summed E-state index contributed by atoms with van der Waals surface area (Å²) in [7, 11) is 0. The Morgan fingerprint density at radius 1 is 0.950 bits per heavy atom. The molecule has 1 aliphatic rings. The van der Waals surface area contributed by atoms with Crippen LogP contribution in [0.5, 0.6) is 0 Å². The van der Waals surface area contributed by atoms with Crippen LogP contribution in [-0.4, -0.2) is 16.0 Å². The predicted octanol–water partition coefficient (Wildman–Crippen LogP) is 3.29. The summed E-state index contributed by atoms with van der Waals surface area (Å²) < 4.78 is 0. The molecule has 1 fully saturated rings. The minimum absolute atomic E-state index is 0.634. The van der Waals surface area contributed by atoms with Gasteiger partial charge in [0.2, 0.25) is 0 Å². The zero-order valence-corrected chi connectivity index (χ0v) is 11.7. The fourth-order valence-corrected chi connectivity index (χ4v) is 3.04. The van der Waals surface area contributed by atoms with Crippen molar-refractivity contribution in [2.75, 3.05) is 0 Å². The average molecular weight is 267 g/mol. The van der Waals surface area contributed by atoms with E-state index in [9.17, 15) is 0 Å². The molecule has 1 aliphatic carbocycles. The Kier molecular flexibility index (Phi) is 4.38. The third-order valence-corrected chi connectivity index (χ3v) is 4.21. The summed E-state index contributed by atoms with van der Waals surface area (Å²) in [4.78, 5) is 8.10. The molecule has 1 aromatic carbocycles. The van der Waals surface area contributed by atoms with E-state index in [0.29, 0.717) is 6.04 Å². The Bertz CT molecular complexity index is 504. The molecular weight excluding hydrogens is 246 g/mol. The molecule has 0 saturated heterocycles. The molecule has 0 atom stereocenters. The van der Waals surface area contributed by atoms with E-state index in [1.807, 2.05) is 12.4 Å². The monoisotopic (exact) mass is 267 g/mol. The molecule has 104 valence electrons. The highest BCUT2D eigenvalue weighted by atomic mass is 14.9. The number of hydrogen-bond acceptors (Lipinski definition) is 3. The lowest BCUT2D eigenvalue weighted by molar-refractivity contribution is 0.341. The first-order valence-corrected chi connectivity index (χ1v) is 7.44. The fraction of sp³-hybridized carbons (Fsp3) is 0.412. The van der Waals surface area contributed by atoms with Gasteiger partial charge in [0.25, 0.3) is 0 Å². The van der Waals surface area contributed by atoms with Crippen LogP contribution in [0.2, 0.25) is 0 Å². The number of nitrogens with zero attached hydrogens (tertiary/aromatic N) is 2. The standard InChI is InChI=1S/C17H21N3/c1-2-4-15(5-3-1)16-6-8-17(9-7-16)20-12-14-10-18-13-19-11-14/h1-5,10-11,13,16-17,20H,6-9,12H2. The van der Waals surface area contributed by atoms with Gasteiger partial charge in [0.1, 0.15) is 6.33 Å². The van der Waals surface area contributed by atoms with Crippen molar-refractivity contribution >= 4 is 0 Å². The number of nitrogens with one attached hydrogen (secondary N) is 1. The first-order valence-electron chi connectivity index (χ1n) is 7.44. The van der Waals surface area contributed by atoms with Crippen LogP contribution in [0.15, 0.2) is 49.1 Å². The molecule has 1 aromatic heterocycles. The lowest BCUT2D eigenvalue weighted by Gasteiger charge is -2.29. The van der Waals surface area contributed by atoms with Crippen LogP contribution >= 0.6 is 0 Å². The normalized spacial score (nSPS) is 22.6. The summed E-state index contributed by atoms with van der Waals surface area (Å²) in [6, 6.07) is 11.6. The van der Waals surface area contributed by atoms with Crippen molar-refractivity contribution in [2.45, 2.75) is 44.2 Å². The Hall–Kier alpha value is -1.74. The van der Waals surface area contributed by atoms with Crippen LogP contribution < -0.4 is 5.32 Å². The predicted molar refractivity (Wildman–Crippen MR) is 80.3 cm³/mol. The second-order valence-electron chi connectivity index (χ2n) is 5.59. The minimum atomic E-state index is 0.634. The molecule has 3 rings (SSSR count). The lowest BCUT2D eigenvalue weighted by Crippen LogP contribution is -2.32. The topological polar surface area (TPSA) is 37.8 Å². The summed E-state index contributed by atoms with van der Waals surface area (Å²) in [6.07, 6.45) is 10.4. The van der Waals surface area contributed by atoms with Crippen LogP contribution in [0.4, 0.5) is 0 Å². The number of rotatable bonds is 4. The molecule has 0 amide bonds. The molecule has 2 aromatic rings. The van der Waals surface area contributed by atoms with Gasteiger partial charge in [-0.2, -0.15) is 0 Å². The van der Waals surface area contributed by atoms with E-state index < -0.39 is 0 Å². The summed E-state index contributed by atoms with van der Waals surface area (Å²) in [6.45, 7) is 0.876. The van der Waals surface area contributed by atoms with Gasteiger partial charge in [-0.25, -0.2) is 9.97 Å². The van der Waals surface area contributed by atoms with E-state index in [1.165, 1.54) is 31.2 Å². The molecule has 1 heterocycles.